The van der Waals surface area contributed by atoms with E-state index in [4.69, 9.17) is 11.6 Å². The van der Waals surface area contributed by atoms with Crippen LogP contribution in [0.1, 0.15) is 39.7 Å². The maximum atomic E-state index is 12.7. The topological polar surface area (TPSA) is 70.1 Å². The van der Waals surface area contributed by atoms with Crippen molar-refractivity contribution in [3.05, 3.63) is 40.4 Å². The lowest BCUT2D eigenvalue weighted by molar-refractivity contribution is -0.139. The molecule has 1 amide bonds. The first kappa shape index (κ1) is 20.9. The van der Waals surface area contributed by atoms with Crippen molar-refractivity contribution in [2.45, 2.75) is 34.1 Å². The summed E-state index contributed by atoms with van der Waals surface area (Å²) in [6, 6.07) is 6.74. The summed E-state index contributed by atoms with van der Waals surface area (Å²) in [5, 5.41) is 0.551. The number of sulfonamides is 1. The number of rotatable bonds is 1. The molecule has 2 aliphatic rings. The van der Waals surface area contributed by atoms with Crippen LogP contribution in [-0.4, -0.2) is 56.1 Å². The van der Waals surface area contributed by atoms with Gasteiger partial charge in [0.2, 0.25) is 5.91 Å². The van der Waals surface area contributed by atoms with Crippen molar-refractivity contribution in [3.8, 4) is 0 Å². The standard InChI is InChI=1S/C20H26ClN3O3S/c1-14-17(15-6-8-16(21)9-7-15)28(26,27)22-18(14)23-10-5-11-24(13-12-23)19(25)20(2,3)4/h6-9H,5,10-13H2,1-4H3. The average Bonchev–Trinajstić information content (AvgIpc) is 2.77. The second-order valence-electron chi connectivity index (χ2n) is 8.23. The maximum Gasteiger partial charge on any atom is 0.285 e. The molecular weight excluding hydrogens is 398 g/mol. The molecule has 0 unspecified atom stereocenters. The molecule has 1 saturated heterocycles. The van der Waals surface area contributed by atoms with Crippen LogP contribution >= 0.6 is 11.6 Å². The van der Waals surface area contributed by atoms with Gasteiger partial charge in [0.05, 0.1) is 0 Å². The Bertz CT molecular complexity index is 944. The van der Waals surface area contributed by atoms with Gasteiger partial charge >= 0.3 is 0 Å². The molecule has 0 atom stereocenters. The fraction of sp³-hybridized carbons (Fsp3) is 0.500. The van der Waals surface area contributed by atoms with Gasteiger partial charge in [0.15, 0.2) is 0 Å². The van der Waals surface area contributed by atoms with Gasteiger partial charge in [-0.1, -0.05) is 44.5 Å². The second kappa shape index (κ2) is 7.52. The van der Waals surface area contributed by atoms with Crippen LogP contribution in [0.5, 0.6) is 0 Å². The van der Waals surface area contributed by atoms with E-state index in [1.54, 1.807) is 31.2 Å². The van der Waals surface area contributed by atoms with Gasteiger partial charge in [0.1, 0.15) is 10.7 Å². The van der Waals surface area contributed by atoms with Crippen LogP contribution < -0.4 is 0 Å². The van der Waals surface area contributed by atoms with E-state index in [2.05, 4.69) is 4.40 Å². The number of benzene rings is 1. The van der Waals surface area contributed by atoms with Crippen molar-refractivity contribution in [2.75, 3.05) is 26.2 Å². The molecule has 0 radical (unpaired) electrons. The number of carbonyl (C=O) groups excluding carboxylic acids is 1. The SMILES string of the molecule is CC1=C(c2ccc(Cl)cc2)S(=O)(=O)N=C1N1CCCN(C(=O)C(C)(C)C)CC1. The smallest absolute Gasteiger partial charge is 0.285 e. The van der Waals surface area contributed by atoms with E-state index >= 15 is 0 Å². The normalized spacial score (nSPS) is 20.2. The van der Waals surface area contributed by atoms with Crippen molar-refractivity contribution in [2.24, 2.45) is 9.81 Å². The lowest BCUT2D eigenvalue weighted by atomic mass is 9.94. The fourth-order valence-electron chi connectivity index (χ4n) is 3.59. The molecule has 0 N–H and O–H groups in total. The number of amides is 1. The number of hydrogen-bond donors (Lipinski definition) is 0. The fourth-order valence-corrected chi connectivity index (χ4v) is 5.20. The number of halogens is 1. The predicted molar refractivity (Wildman–Crippen MR) is 113 cm³/mol. The molecule has 2 aliphatic heterocycles. The first-order chi connectivity index (χ1) is 13.0. The van der Waals surface area contributed by atoms with Gasteiger partial charge in [-0.2, -0.15) is 8.42 Å². The van der Waals surface area contributed by atoms with Gasteiger partial charge < -0.3 is 9.80 Å². The Balaban J connectivity index is 1.86. The predicted octanol–water partition coefficient (Wildman–Crippen LogP) is 3.39. The molecule has 2 heterocycles. The van der Waals surface area contributed by atoms with Gasteiger partial charge in [0.25, 0.3) is 10.0 Å². The number of nitrogens with zero attached hydrogens (tertiary/aromatic N) is 3. The molecule has 1 aromatic carbocycles. The molecule has 3 rings (SSSR count). The summed E-state index contributed by atoms with van der Waals surface area (Å²) >= 11 is 5.93. The summed E-state index contributed by atoms with van der Waals surface area (Å²) in [6.07, 6.45) is 0.768. The van der Waals surface area contributed by atoms with E-state index < -0.39 is 15.4 Å². The molecule has 28 heavy (non-hydrogen) atoms. The molecule has 6 nitrogen and oxygen atoms in total. The zero-order valence-electron chi connectivity index (χ0n) is 16.7. The highest BCUT2D eigenvalue weighted by molar-refractivity contribution is 8.00. The van der Waals surface area contributed by atoms with Gasteiger partial charge in [-0.05, 0) is 31.0 Å². The van der Waals surface area contributed by atoms with Crippen molar-refractivity contribution in [1.29, 1.82) is 0 Å². The van der Waals surface area contributed by atoms with E-state index in [9.17, 15) is 13.2 Å². The number of amidine groups is 1. The van der Waals surface area contributed by atoms with Gasteiger partial charge in [-0.25, -0.2) is 0 Å². The van der Waals surface area contributed by atoms with E-state index in [0.717, 1.165) is 6.42 Å². The molecule has 1 fully saturated rings. The van der Waals surface area contributed by atoms with Gasteiger partial charge in [-0.3, -0.25) is 4.79 Å². The summed E-state index contributed by atoms with van der Waals surface area (Å²) in [7, 11) is -3.76. The van der Waals surface area contributed by atoms with Crippen LogP contribution in [0.2, 0.25) is 5.02 Å². The monoisotopic (exact) mass is 423 g/mol. The van der Waals surface area contributed by atoms with Crippen LogP contribution in [0.4, 0.5) is 0 Å². The van der Waals surface area contributed by atoms with Crippen molar-refractivity contribution in [3.63, 3.8) is 0 Å². The van der Waals surface area contributed by atoms with Gasteiger partial charge in [-0.15, -0.1) is 4.40 Å². The number of carbonyl (C=O) groups is 1. The minimum atomic E-state index is -3.76. The molecule has 0 bridgehead atoms. The van der Waals surface area contributed by atoms with Crippen molar-refractivity contribution in [1.82, 2.24) is 9.80 Å². The summed E-state index contributed by atoms with van der Waals surface area (Å²) < 4.78 is 29.5. The molecular formula is C20H26ClN3O3S. The van der Waals surface area contributed by atoms with Crippen molar-refractivity contribution >= 4 is 38.3 Å². The first-order valence-corrected chi connectivity index (χ1v) is 11.2. The highest BCUT2D eigenvalue weighted by Gasteiger charge is 2.35. The minimum Gasteiger partial charge on any atom is -0.354 e. The molecule has 0 aromatic heterocycles. The second-order valence-corrected chi connectivity index (χ2v) is 10.2. The highest BCUT2D eigenvalue weighted by Crippen LogP contribution is 2.34. The summed E-state index contributed by atoms with van der Waals surface area (Å²) in [6.45, 7) is 9.97. The molecule has 152 valence electrons. The third kappa shape index (κ3) is 4.10. The van der Waals surface area contributed by atoms with E-state index in [1.807, 2.05) is 30.6 Å². The Hall–Kier alpha value is -1.86. The summed E-state index contributed by atoms with van der Waals surface area (Å²) in [5.74, 6) is 0.597. The van der Waals surface area contributed by atoms with Crippen molar-refractivity contribution < 1.29 is 13.2 Å². The zero-order valence-corrected chi connectivity index (χ0v) is 18.3. The Morgan fingerprint density at radius 2 is 1.71 bits per heavy atom. The van der Waals surface area contributed by atoms with E-state index in [0.29, 0.717) is 48.2 Å². The Morgan fingerprint density at radius 3 is 2.32 bits per heavy atom. The van der Waals surface area contributed by atoms with Gasteiger partial charge in [0, 0.05) is 42.2 Å². The largest absolute Gasteiger partial charge is 0.354 e. The molecule has 0 aliphatic carbocycles. The lowest BCUT2D eigenvalue weighted by Crippen LogP contribution is -2.42. The molecule has 1 aromatic rings. The minimum absolute atomic E-state index is 0.115. The summed E-state index contributed by atoms with van der Waals surface area (Å²) in [4.78, 5) is 16.7. The average molecular weight is 424 g/mol. The Labute approximate surface area is 171 Å². The number of hydrogen-bond acceptors (Lipinski definition) is 4. The van der Waals surface area contributed by atoms with Crippen LogP contribution in [-0.2, 0) is 14.8 Å². The van der Waals surface area contributed by atoms with Crippen LogP contribution in [0, 0.1) is 5.41 Å². The Morgan fingerprint density at radius 1 is 1.07 bits per heavy atom. The van der Waals surface area contributed by atoms with Crippen LogP contribution in [0.15, 0.2) is 34.2 Å². The molecule has 0 saturated carbocycles. The highest BCUT2D eigenvalue weighted by atomic mass is 35.5. The lowest BCUT2D eigenvalue weighted by Gasteiger charge is -2.28. The first-order valence-electron chi connectivity index (χ1n) is 9.37. The third-order valence-electron chi connectivity index (χ3n) is 4.97. The Kier molecular flexibility index (Phi) is 5.60. The molecule has 8 heteroatoms. The van der Waals surface area contributed by atoms with Crippen LogP contribution in [0.3, 0.4) is 0 Å². The summed E-state index contributed by atoms with van der Waals surface area (Å²) in [5.41, 5.74) is 0.791. The van der Waals surface area contributed by atoms with Crippen LogP contribution in [0.25, 0.3) is 4.91 Å². The van der Waals surface area contributed by atoms with E-state index in [-0.39, 0.29) is 10.8 Å². The molecule has 0 spiro atoms. The quantitative estimate of drug-likeness (QED) is 0.694. The maximum absolute atomic E-state index is 12.7. The zero-order chi connectivity index (χ0) is 20.7. The third-order valence-corrected chi connectivity index (χ3v) is 6.69. The van der Waals surface area contributed by atoms with E-state index in [1.165, 1.54) is 0 Å².